The van der Waals surface area contributed by atoms with Gasteiger partial charge in [0.05, 0.1) is 16.8 Å². The highest BCUT2D eigenvalue weighted by Crippen LogP contribution is 2.52. The highest BCUT2D eigenvalue weighted by molar-refractivity contribution is 7.09. The molecule has 1 aliphatic heterocycles. The molecule has 0 N–H and O–H groups in total. The molecule has 4 aromatic rings. The van der Waals surface area contributed by atoms with E-state index < -0.39 is 17.4 Å². The van der Waals surface area contributed by atoms with Gasteiger partial charge < -0.3 is 0 Å². The maximum Gasteiger partial charge on any atom is 0.418 e. The molecule has 0 bridgehead atoms. The van der Waals surface area contributed by atoms with E-state index in [1.165, 1.54) is 28.2 Å². The lowest BCUT2D eigenvalue weighted by Gasteiger charge is -2.45. The summed E-state index contributed by atoms with van der Waals surface area (Å²) in [5, 5.41) is 9.30. The van der Waals surface area contributed by atoms with Crippen LogP contribution in [-0.4, -0.2) is 37.2 Å². The van der Waals surface area contributed by atoms with Crippen LogP contribution in [-0.2, 0) is 18.1 Å². The van der Waals surface area contributed by atoms with Gasteiger partial charge in [0.15, 0.2) is 0 Å². The number of halogens is 3. The van der Waals surface area contributed by atoms with Crippen molar-refractivity contribution in [1.29, 1.82) is 0 Å². The van der Waals surface area contributed by atoms with Crippen LogP contribution in [0.1, 0.15) is 61.2 Å². The zero-order valence-corrected chi connectivity index (χ0v) is 22.2. The van der Waals surface area contributed by atoms with E-state index in [9.17, 15) is 18.0 Å². The van der Waals surface area contributed by atoms with E-state index in [0.29, 0.717) is 29.6 Å². The molecule has 6 nitrogen and oxygen atoms in total. The molecule has 0 spiro atoms. The summed E-state index contributed by atoms with van der Waals surface area (Å²) in [6, 6.07) is 8.76. The van der Waals surface area contributed by atoms with Crippen molar-refractivity contribution in [3.8, 4) is 5.69 Å². The minimum Gasteiger partial charge on any atom is -0.299 e. The first kappa shape index (κ1) is 25.3. The summed E-state index contributed by atoms with van der Waals surface area (Å²) in [4.78, 5) is 15.7. The first-order chi connectivity index (χ1) is 18.1. The molecule has 1 aromatic carbocycles. The Labute approximate surface area is 222 Å². The molecule has 1 aliphatic carbocycles. The van der Waals surface area contributed by atoms with Gasteiger partial charge in [-0.3, -0.25) is 13.9 Å². The number of hydrogen-bond donors (Lipinski definition) is 0. The third-order valence-electron chi connectivity index (χ3n) is 8.12. The van der Waals surface area contributed by atoms with E-state index in [2.05, 4.69) is 28.9 Å². The van der Waals surface area contributed by atoms with Crippen molar-refractivity contribution < 1.29 is 13.2 Å². The summed E-state index contributed by atoms with van der Waals surface area (Å²) in [5.41, 5.74) is 2.03. The van der Waals surface area contributed by atoms with Gasteiger partial charge in [0.1, 0.15) is 10.5 Å². The largest absolute Gasteiger partial charge is 0.418 e. The number of aromatic nitrogens is 4. The highest BCUT2D eigenvalue weighted by Gasteiger charge is 2.47. The zero-order chi connectivity index (χ0) is 26.7. The summed E-state index contributed by atoms with van der Waals surface area (Å²) in [7, 11) is 0. The van der Waals surface area contributed by atoms with Gasteiger partial charge in [-0.05, 0) is 73.4 Å². The van der Waals surface area contributed by atoms with Gasteiger partial charge in [0.2, 0.25) is 0 Å². The van der Waals surface area contributed by atoms with Crippen molar-refractivity contribution in [2.75, 3.05) is 13.1 Å². The van der Waals surface area contributed by atoms with Gasteiger partial charge in [-0.1, -0.05) is 26.0 Å². The van der Waals surface area contributed by atoms with Crippen LogP contribution in [0.15, 0.2) is 53.0 Å². The van der Waals surface area contributed by atoms with Crippen LogP contribution in [0.5, 0.6) is 0 Å². The number of nitrogens with zero attached hydrogens (tertiary/aromatic N) is 5. The van der Waals surface area contributed by atoms with Gasteiger partial charge >= 0.3 is 11.9 Å². The third kappa shape index (κ3) is 4.37. The number of pyridine rings is 1. The lowest BCUT2D eigenvalue weighted by molar-refractivity contribution is -0.136. The predicted octanol–water partition coefficient (Wildman–Crippen LogP) is 5.91. The fraction of sp³-hybridized carbons (Fsp3) is 0.464. The third-order valence-corrected chi connectivity index (χ3v) is 9.01. The Bertz CT molecular complexity index is 1520. The fourth-order valence-corrected chi connectivity index (χ4v) is 7.23. The highest BCUT2D eigenvalue weighted by atomic mass is 32.1. The van der Waals surface area contributed by atoms with Crippen molar-refractivity contribution in [3.63, 3.8) is 0 Å². The minimum absolute atomic E-state index is 0.139. The monoisotopic (exact) mass is 541 g/mol. The average Bonchev–Trinajstić information content (AvgIpc) is 3.50. The number of likely N-dealkylation sites (tertiary alicyclic amines) is 1. The Hall–Kier alpha value is -2.98. The normalized spacial score (nSPS) is 24.6. The molecular formula is C28H30F3N5OS. The Kier molecular flexibility index (Phi) is 6.22. The molecule has 0 amide bonds. The summed E-state index contributed by atoms with van der Waals surface area (Å²) < 4.78 is 45.1. The zero-order valence-electron chi connectivity index (χ0n) is 21.4. The molecule has 1 atom stereocenters. The summed E-state index contributed by atoms with van der Waals surface area (Å²) >= 11 is 1.51. The molecule has 6 rings (SSSR count). The van der Waals surface area contributed by atoms with E-state index in [1.807, 2.05) is 18.2 Å². The minimum atomic E-state index is -4.58. The maximum absolute atomic E-state index is 14.2. The standard InChI is InChI=1S/C28H30F3N5OS/c1-18-5-4-8-34(13-18)14-20-9-23(28(29,30)31)24-16-35(26(37)36(24)15-20)22-7-3-6-21(10-22)27(11-19(2)12-27)25-33-32-17-38-25/h3,6-7,9-10,15-19H,4-5,8,11-14H2,1-2H3/t18-,19-,27+/m0/s1. The maximum atomic E-state index is 14.2. The molecule has 2 fully saturated rings. The first-order valence-electron chi connectivity index (χ1n) is 13.1. The Balaban J connectivity index is 1.43. The van der Waals surface area contributed by atoms with Crippen LogP contribution in [0.25, 0.3) is 11.2 Å². The number of piperidine rings is 1. The van der Waals surface area contributed by atoms with Crippen molar-refractivity contribution >= 4 is 16.9 Å². The Morgan fingerprint density at radius 2 is 1.95 bits per heavy atom. The van der Waals surface area contributed by atoms with Gasteiger partial charge in [-0.25, -0.2) is 4.79 Å². The summed E-state index contributed by atoms with van der Waals surface area (Å²) in [5.74, 6) is 1.03. The predicted molar refractivity (Wildman–Crippen MR) is 141 cm³/mol. The van der Waals surface area contributed by atoms with Gasteiger partial charge in [-0.2, -0.15) is 13.2 Å². The number of fused-ring (bicyclic) bond motifs is 1. The Morgan fingerprint density at radius 3 is 2.63 bits per heavy atom. The first-order valence-corrected chi connectivity index (χ1v) is 14.0. The van der Waals surface area contributed by atoms with Crippen LogP contribution >= 0.6 is 11.3 Å². The number of imidazole rings is 1. The lowest BCUT2D eigenvalue weighted by atomic mass is 9.59. The fourth-order valence-electron chi connectivity index (χ4n) is 6.43. The smallest absolute Gasteiger partial charge is 0.299 e. The second kappa shape index (κ2) is 9.34. The molecule has 0 unspecified atom stereocenters. The Morgan fingerprint density at radius 1 is 1.13 bits per heavy atom. The second-order valence-electron chi connectivity index (χ2n) is 11.2. The molecule has 200 valence electrons. The number of rotatable bonds is 5. The van der Waals surface area contributed by atoms with E-state index in [1.54, 1.807) is 17.8 Å². The van der Waals surface area contributed by atoms with Gasteiger partial charge in [-0.15, -0.1) is 21.5 Å². The molecule has 0 radical (unpaired) electrons. The van der Waals surface area contributed by atoms with E-state index in [4.69, 9.17) is 0 Å². The van der Waals surface area contributed by atoms with E-state index in [0.717, 1.165) is 53.7 Å². The van der Waals surface area contributed by atoms with Crippen LogP contribution < -0.4 is 5.69 Å². The van der Waals surface area contributed by atoms with Crippen molar-refractivity contribution in [3.05, 3.63) is 80.4 Å². The summed E-state index contributed by atoms with van der Waals surface area (Å²) in [6.07, 6.45) is 2.29. The topological polar surface area (TPSA) is 55.4 Å². The molecule has 3 aromatic heterocycles. The number of alkyl halides is 3. The second-order valence-corrected chi connectivity index (χ2v) is 12.0. The molecule has 10 heteroatoms. The van der Waals surface area contributed by atoms with E-state index >= 15 is 0 Å². The quantitative estimate of drug-likeness (QED) is 0.315. The average molecular weight is 542 g/mol. The van der Waals surface area contributed by atoms with Crippen molar-refractivity contribution in [2.24, 2.45) is 11.8 Å². The van der Waals surface area contributed by atoms with Crippen molar-refractivity contribution in [1.82, 2.24) is 24.1 Å². The lowest BCUT2D eigenvalue weighted by Crippen LogP contribution is -2.41. The molecule has 2 aliphatic rings. The van der Waals surface area contributed by atoms with Gasteiger partial charge in [0, 0.05) is 30.9 Å². The van der Waals surface area contributed by atoms with Crippen LogP contribution in [0.2, 0.25) is 0 Å². The van der Waals surface area contributed by atoms with Crippen molar-refractivity contribution in [2.45, 2.75) is 57.7 Å². The SMILES string of the molecule is C[C@H]1CCCN(Cc2cc(C(F)(F)F)c3cn(-c4cccc([C@]5(c6nncs6)C[C@@H](C)C5)c4)c(=O)n3c2)C1. The van der Waals surface area contributed by atoms with Crippen LogP contribution in [0.4, 0.5) is 13.2 Å². The number of benzene rings is 1. The van der Waals surface area contributed by atoms with Gasteiger partial charge in [0.25, 0.3) is 0 Å². The molecule has 4 heterocycles. The molecule has 38 heavy (non-hydrogen) atoms. The van der Waals surface area contributed by atoms with E-state index in [-0.39, 0.29) is 10.9 Å². The van der Waals surface area contributed by atoms with Crippen LogP contribution in [0, 0.1) is 11.8 Å². The van der Waals surface area contributed by atoms with Crippen LogP contribution in [0.3, 0.4) is 0 Å². The molecule has 1 saturated carbocycles. The number of hydrogen-bond acceptors (Lipinski definition) is 5. The summed E-state index contributed by atoms with van der Waals surface area (Å²) in [6.45, 7) is 6.43. The molecule has 1 saturated heterocycles. The molecular weight excluding hydrogens is 511 g/mol.